The minimum Gasteiger partial charge on any atom is -0.393 e. The predicted octanol–water partition coefficient (Wildman–Crippen LogP) is 2.52. The summed E-state index contributed by atoms with van der Waals surface area (Å²) in [6.45, 7) is 13.4. The van der Waals surface area contributed by atoms with Crippen LogP contribution in [-0.2, 0) is 0 Å². The zero-order valence-electron chi connectivity index (χ0n) is 10.6. The minimum atomic E-state index is -0.834. The Morgan fingerprint density at radius 3 is 2.31 bits per heavy atom. The Bertz CT molecular complexity index is 275. The summed E-state index contributed by atoms with van der Waals surface area (Å²) in [5.41, 5.74) is 0.283. The molecule has 0 amide bonds. The molecule has 1 unspecified atom stereocenters. The molecule has 0 aromatic heterocycles. The summed E-state index contributed by atoms with van der Waals surface area (Å²) in [6.07, 6.45) is 2.92. The maximum atomic E-state index is 10.1. The van der Waals surface area contributed by atoms with Crippen LogP contribution in [0.15, 0.2) is 24.8 Å². The Kier molecular flexibility index (Phi) is 3.97. The van der Waals surface area contributed by atoms with Gasteiger partial charge in [0.05, 0.1) is 11.7 Å². The van der Waals surface area contributed by atoms with Crippen molar-refractivity contribution in [2.75, 3.05) is 0 Å². The molecule has 0 radical (unpaired) electrons. The highest BCUT2D eigenvalue weighted by atomic mass is 16.3. The number of allylic oxidation sites excluding steroid dienone is 2. The third kappa shape index (κ3) is 2.74. The number of hydrogen-bond acceptors (Lipinski definition) is 2. The summed E-state index contributed by atoms with van der Waals surface area (Å²) >= 11 is 0. The number of rotatable bonds is 3. The molecule has 2 heteroatoms. The van der Waals surface area contributed by atoms with Crippen LogP contribution in [0, 0.1) is 17.8 Å². The van der Waals surface area contributed by atoms with Crippen LogP contribution >= 0.6 is 0 Å². The van der Waals surface area contributed by atoms with Crippen LogP contribution in [-0.4, -0.2) is 21.9 Å². The quantitative estimate of drug-likeness (QED) is 0.723. The van der Waals surface area contributed by atoms with Crippen molar-refractivity contribution in [3.63, 3.8) is 0 Å². The Hall–Kier alpha value is -0.600. The summed E-state index contributed by atoms with van der Waals surface area (Å²) in [7, 11) is 0. The lowest BCUT2D eigenvalue weighted by atomic mass is 9.66. The van der Waals surface area contributed by atoms with E-state index in [4.69, 9.17) is 0 Å². The van der Waals surface area contributed by atoms with Crippen LogP contribution < -0.4 is 0 Å². The van der Waals surface area contributed by atoms with Gasteiger partial charge in [-0.05, 0) is 45.4 Å². The minimum absolute atomic E-state index is 0.0783. The van der Waals surface area contributed by atoms with E-state index in [1.807, 2.05) is 13.0 Å². The summed E-state index contributed by atoms with van der Waals surface area (Å²) in [4.78, 5) is 0. The average Bonchev–Trinajstić information content (AvgIpc) is 2.14. The van der Waals surface area contributed by atoms with E-state index in [0.29, 0.717) is 12.3 Å². The van der Waals surface area contributed by atoms with Crippen LogP contribution in [0.4, 0.5) is 0 Å². The molecule has 0 bridgehead atoms. The van der Waals surface area contributed by atoms with Crippen molar-refractivity contribution in [1.29, 1.82) is 0 Å². The van der Waals surface area contributed by atoms with Crippen LogP contribution in [0.5, 0.6) is 0 Å². The molecule has 1 rings (SSSR count). The first-order valence-electron chi connectivity index (χ1n) is 5.95. The molecule has 1 fully saturated rings. The molecule has 0 aliphatic heterocycles. The highest BCUT2D eigenvalue weighted by Crippen LogP contribution is 2.42. The van der Waals surface area contributed by atoms with Gasteiger partial charge in [0.25, 0.3) is 0 Å². The summed E-state index contributed by atoms with van der Waals surface area (Å²) in [5.74, 6) is 0.536. The van der Waals surface area contributed by atoms with Crippen molar-refractivity contribution in [1.82, 2.24) is 0 Å². The van der Waals surface area contributed by atoms with Crippen molar-refractivity contribution in [3.05, 3.63) is 24.8 Å². The fourth-order valence-corrected chi connectivity index (χ4v) is 2.80. The van der Waals surface area contributed by atoms with Crippen LogP contribution in [0.1, 0.15) is 33.6 Å². The molecule has 2 N–H and O–H groups in total. The third-order valence-corrected chi connectivity index (χ3v) is 3.85. The van der Waals surface area contributed by atoms with Gasteiger partial charge in [0, 0.05) is 5.92 Å². The first-order chi connectivity index (χ1) is 7.27. The SMILES string of the molecule is C=C[C@@H]1C[C@H](O)C(C(C)(C)O)C[C@H]1C(=C)C. The van der Waals surface area contributed by atoms with E-state index in [-0.39, 0.29) is 11.8 Å². The molecule has 0 saturated heterocycles. The van der Waals surface area contributed by atoms with Crippen molar-refractivity contribution < 1.29 is 10.2 Å². The highest BCUT2D eigenvalue weighted by molar-refractivity contribution is 5.08. The Balaban J connectivity index is 2.88. The summed E-state index contributed by atoms with van der Waals surface area (Å²) in [6, 6.07) is 0. The van der Waals surface area contributed by atoms with Gasteiger partial charge in [-0.1, -0.05) is 18.2 Å². The van der Waals surface area contributed by atoms with Crippen molar-refractivity contribution in [3.8, 4) is 0 Å². The zero-order chi connectivity index (χ0) is 12.5. The topological polar surface area (TPSA) is 40.5 Å². The van der Waals surface area contributed by atoms with Crippen LogP contribution in [0.3, 0.4) is 0 Å². The molecule has 1 aliphatic carbocycles. The van der Waals surface area contributed by atoms with E-state index in [9.17, 15) is 10.2 Å². The number of aliphatic hydroxyl groups is 2. The molecule has 2 nitrogen and oxygen atoms in total. The molecule has 1 saturated carbocycles. The van der Waals surface area contributed by atoms with E-state index in [1.54, 1.807) is 13.8 Å². The first kappa shape index (κ1) is 13.5. The second-order valence-corrected chi connectivity index (χ2v) is 5.65. The van der Waals surface area contributed by atoms with E-state index >= 15 is 0 Å². The van der Waals surface area contributed by atoms with Gasteiger partial charge in [0.2, 0.25) is 0 Å². The Labute approximate surface area is 98.7 Å². The molecule has 0 aromatic carbocycles. The predicted molar refractivity (Wildman–Crippen MR) is 67.0 cm³/mol. The second kappa shape index (κ2) is 4.72. The van der Waals surface area contributed by atoms with Crippen molar-refractivity contribution in [2.24, 2.45) is 17.8 Å². The van der Waals surface area contributed by atoms with Gasteiger partial charge in [-0.2, -0.15) is 0 Å². The maximum absolute atomic E-state index is 10.1. The normalized spacial score (nSPS) is 35.8. The van der Waals surface area contributed by atoms with Gasteiger partial charge in [-0.15, -0.1) is 6.58 Å². The molecule has 0 spiro atoms. The smallest absolute Gasteiger partial charge is 0.0644 e. The van der Waals surface area contributed by atoms with Gasteiger partial charge in [-0.3, -0.25) is 0 Å². The third-order valence-electron chi connectivity index (χ3n) is 3.85. The largest absolute Gasteiger partial charge is 0.393 e. The van der Waals surface area contributed by atoms with Gasteiger partial charge in [-0.25, -0.2) is 0 Å². The first-order valence-corrected chi connectivity index (χ1v) is 5.95. The van der Waals surface area contributed by atoms with E-state index in [2.05, 4.69) is 13.2 Å². The molecule has 4 atom stereocenters. The summed E-state index contributed by atoms with van der Waals surface area (Å²) in [5, 5.41) is 20.1. The van der Waals surface area contributed by atoms with Crippen molar-refractivity contribution >= 4 is 0 Å². The molecule has 0 aromatic rings. The Morgan fingerprint density at radius 1 is 1.38 bits per heavy atom. The maximum Gasteiger partial charge on any atom is 0.0644 e. The lowest BCUT2D eigenvalue weighted by Crippen LogP contribution is -2.46. The lowest BCUT2D eigenvalue weighted by molar-refractivity contribution is -0.0803. The van der Waals surface area contributed by atoms with E-state index in [1.165, 1.54) is 0 Å². The molecule has 16 heavy (non-hydrogen) atoms. The molecule has 1 aliphatic rings. The van der Waals surface area contributed by atoms with Gasteiger partial charge < -0.3 is 10.2 Å². The standard InChI is InChI=1S/C14H24O2/c1-6-10-7-13(15)12(14(4,5)16)8-11(10)9(2)3/h6,10-13,15-16H,1-2,7-8H2,3-5H3/t10-,11+,12?,13+/m1/s1. The number of hydrogen-bond donors (Lipinski definition) is 2. The fourth-order valence-electron chi connectivity index (χ4n) is 2.80. The summed E-state index contributed by atoms with van der Waals surface area (Å²) < 4.78 is 0. The molecule has 92 valence electrons. The van der Waals surface area contributed by atoms with E-state index < -0.39 is 11.7 Å². The molecular weight excluding hydrogens is 200 g/mol. The monoisotopic (exact) mass is 224 g/mol. The van der Waals surface area contributed by atoms with Gasteiger partial charge in [0.15, 0.2) is 0 Å². The Morgan fingerprint density at radius 2 is 1.94 bits per heavy atom. The van der Waals surface area contributed by atoms with Crippen molar-refractivity contribution in [2.45, 2.75) is 45.3 Å². The van der Waals surface area contributed by atoms with Crippen LogP contribution in [0.2, 0.25) is 0 Å². The number of aliphatic hydroxyl groups excluding tert-OH is 1. The van der Waals surface area contributed by atoms with Gasteiger partial charge >= 0.3 is 0 Å². The molecule has 0 heterocycles. The second-order valence-electron chi connectivity index (χ2n) is 5.65. The lowest BCUT2D eigenvalue weighted by Gasteiger charge is -2.43. The average molecular weight is 224 g/mol. The molecular formula is C14H24O2. The van der Waals surface area contributed by atoms with Crippen LogP contribution in [0.25, 0.3) is 0 Å². The fraction of sp³-hybridized carbons (Fsp3) is 0.714. The van der Waals surface area contributed by atoms with Gasteiger partial charge in [0.1, 0.15) is 0 Å². The van der Waals surface area contributed by atoms with E-state index in [0.717, 1.165) is 12.0 Å². The highest BCUT2D eigenvalue weighted by Gasteiger charge is 2.41. The zero-order valence-corrected chi connectivity index (χ0v) is 10.6.